The minimum atomic E-state index is -1.58. The lowest BCUT2D eigenvalue weighted by Crippen LogP contribution is -2.62. The van der Waals surface area contributed by atoms with Gasteiger partial charge in [-0.3, -0.25) is 14.4 Å². The van der Waals surface area contributed by atoms with Crippen molar-refractivity contribution in [1.29, 1.82) is 0 Å². The molecule has 196 valence electrons. The summed E-state index contributed by atoms with van der Waals surface area (Å²) in [7, 11) is 0. The second-order valence-corrected chi connectivity index (χ2v) is 8.96. The molecule has 9 N–H and O–H groups in total. The van der Waals surface area contributed by atoms with E-state index in [1.165, 1.54) is 38.1 Å². The van der Waals surface area contributed by atoms with Gasteiger partial charge in [-0.2, -0.15) is 0 Å². The first kappa shape index (κ1) is 29.8. The molecule has 0 heterocycles. The number of phenols is 1. The summed E-state index contributed by atoms with van der Waals surface area (Å²) in [5.74, 6) is -3.86. The number of aliphatic hydroxyl groups excluding tert-OH is 2. The van der Waals surface area contributed by atoms with Crippen LogP contribution in [0.2, 0.25) is 0 Å². The summed E-state index contributed by atoms with van der Waals surface area (Å²) >= 11 is 0. The monoisotopic (exact) mass is 496 g/mol. The number of amides is 3. The number of benzene rings is 1. The lowest BCUT2D eigenvalue weighted by atomic mass is 10.0. The second kappa shape index (κ2) is 13.6. The van der Waals surface area contributed by atoms with Crippen LogP contribution < -0.4 is 21.7 Å². The molecule has 12 heteroatoms. The number of carbonyl (C=O) groups is 4. The number of nitrogens with one attached hydrogen (secondary N) is 3. The quantitative estimate of drug-likeness (QED) is 0.161. The van der Waals surface area contributed by atoms with Gasteiger partial charge in [0.1, 0.15) is 23.9 Å². The molecule has 1 rings (SSSR count). The number of nitrogens with two attached hydrogens (primary N) is 1. The summed E-state index contributed by atoms with van der Waals surface area (Å²) in [4.78, 5) is 49.5. The Balaban J connectivity index is 2.94. The highest BCUT2D eigenvalue weighted by Crippen LogP contribution is 2.12. The van der Waals surface area contributed by atoms with Crippen molar-refractivity contribution in [2.45, 2.75) is 76.9 Å². The summed E-state index contributed by atoms with van der Waals surface area (Å²) in [5, 5.41) is 45.8. The fourth-order valence-electron chi connectivity index (χ4n) is 3.26. The normalized spacial score (nSPS) is 16.3. The number of aromatic hydroxyl groups is 1. The SMILES string of the molecule is CC(C)CC(N)C(=O)NC(C(=O)NC(C(=O)NC(Cc1ccc(O)cc1)C(=O)O)C(C)O)C(C)O. The number of rotatable bonds is 13. The largest absolute Gasteiger partial charge is 0.508 e. The van der Waals surface area contributed by atoms with Crippen LogP contribution in [0.4, 0.5) is 0 Å². The molecule has 0 aliphatic rings. The lowest BCUT2D eigenvalue weighted by molar-refractivity contribution is -0.143. The van der Waals surface area contributed by atoms with Crippen LogP contribution >= 0.6 is 0 Å². The van der Waals surface area contributed by atoms with Crippen molar-refractivity contribution in [2.75, 3.05) is 0 Å². The van der Waals surface area contributed by atoms with Crippen LogP contribution in [0.5, 0.6) is 5.75 Å². The van der Waals surface area contributed by atoms with Gasteiger partial charge in [0.25, 0.3) is 0 Å². The number of phenolic OH excluding ortho intramolecular Hbond substituents is 1. The molecule has 0 saturated heterocycles. The molecule has 12 nitrogen and oxygen atoms in total. The Morgan fingerprint density at radius 1 is 0.829 bits per heavy atom. The third-order valence-corrected chi connectivity index (χ3v) is 5.18. The number of hydrogen-bond donors (Lipinski definition) is 8. The second-order valence-electron chi connectivity index (χ2n) is 8.96. The summed E-state index contributed by atoms with van der Waals surface area (Å²) < 4.78 is 0. The zero-order valence-corrected chi connectivity index (χ0v) is 20.3. The number of carboxylic acid groups (broad SMARTS) is 1. The topological polar surface area (TPSA) is 211 Å². The molecule has 35 heavy (non-hydrogen) atoms. The fraction of sp³-hybridized carbons (Fsp3) is 0.565. The van der Waals surface area contributed by atoms with Crippen molar-refractivity contribution < 1.29 is 39.6 Å². The minimum Gasteiger partial charge on any atom is -0.508 e. The molecule has 0 spiro atoms. The van der Waals surface area contributed by atoms with Crippen LogP contribution in [0, 0.1) is 5.92 Å². The van der Waals surface area contributed by atoms with E-state index >= 15 is 0 Å². The number of aliphatic hydroxyl groups is 2. The van der Waals surface area contributed by atoms with Gasteiger partial charge in [-0.05, 0) is 43.9 Å². The maximum atomic E-state index is 12.8. The predicted molar refractivity (Wildman–Crippen MR) is 126 cm³/mol. The number of carboxylic acids is 1. The summed E-state index contributed by atoms with van der Waals surface area (Å²) in [5.41, 5.74) is 6.34. The molecule has 3 amide bonds. The Bertz CT molecular complexity index is 873. The van der Waals surface area contributed by atoms with E-state index in [0.717, 1.165) is 0 Å². The standard InChI is InChI=1S/C23H36N4O8/c1-11(2)9-16(24)20(31)26-19(13(4)29)22(33)27-18(12(3)28)21(32)25-17(23(34)35)10-14-5-7-15(30)8-6-14/h5-8,11-13,16-19,28-30H,9-10,24H2,1-4H3,(H,25,32)(H,26,31)(H,27,33)(H,34,35). The molecule has 0 radical (unpaired) electrons. The molecular formula is C23H36N4O8. The molecule has 0 aliphatic heterocycles. The van der Waals surface area contributed by atoms with Gasteiger partial charge in [-0.1, -0.05) is 26.0 Å². The first-order valence-electron chi connectivity index (χ1n) is 11.3. The van der Waals surface area contributed by atoms with E-state index in [0.29, 0.717) is 12.0 Å². The van der Waals surface area contributed by atoms with Crippen LogP contribution in [0.1, 0.15) is 39.7 Å². The van der Waals surface area contributed by atoms with E-state index in [4.69, 9.17) is 5.73 Å². The molecule has 1 aromatic carbocycles. The Morgan fingerprint density at radius 2 is 1.29 bits per heavy atom. The van der Waals surface area contributed by atoms with Gasteiger partial charge >= 0.3 is 5.97 Å². The Morgan fingerprint density at radius 3 is 1.71 bits per heavy atom. The van der Waals surface area contributed by atoms with Crippen LogP contribution in [0.25, 0.3) is 0 Å². The van der Waals surface area contributed by atoms with Gasteiger partial charge in [0, 0.05) is 6.42 Å². The van der Waals surface area contributed by atoms with E-state index < -0.39 is 60.1 Å². The van der Waals surface area contributed by atoms with Crippen LogP contribution in [-0.2, 0) is 25.6 Å². The summed E-state index contributed by atoms with van der Waals surface area (Å²) in [6, 6.07) is 0.353. The lowest BCUT2D eigenvalue weighted by Gasteiger charge is -2.27. The van der Waals surface area contributed by atoms with Gasteiger partial charge in [0.15, 0.2) is 0 Å². The molecule has 6 unspecified atom stereocenters. The van der Waals surface area contributed by atoms with Gasteiger partial charge < -0.3 is 42.1 Å². The van der Waals surface area contributed by atoms with E-state index in [9.17, 15) is 39.6 Å². The molecule has 0 fully saturated rings. The molecule has 0 saturated carbocycles. The third kappa shape index (κ3) is 9.89. The average Bonchev–Trinajstić information content (AvgIpc) is 2.75. The van der Waals surface area contributed by atoms with Crippen molar-refractivity contribution >= 4 is 23.7 Å². The van der Waals surface area contributed by atoms with E-state index in [1.807, 2.05) is 13.8 Å². The van der Waals surface area contributed by atoms with Gasteiger partial charge in [0.2, 0.25) is 17.7 Å². The van der Waals surface area contributed by atoms with Crippen LogP contribution in [0.3, 0.4) is 0 Å². The highest BCUT2D eigenvalue weighted by molar-refractivity contribution is 5.94. The summed E-state index contributed by atoms with van der Waals surface area (Å²) in [6.07, 6.45) is -2.57. The van der Waals surface area contributed by atoms with E-state index in [2.05, 4.69) is 16.0 Å². The molecule has 0 aliphatic carbocycles. The Kier molecular flexibility index (Phi) is 11.6. The molecule has 6 atom stereocenters. The highest BCUT2D eigenvalue weighted by atomic mass is 16.4. The summed E-state index contributed by atoms with van der Waals surface area (Å²) in [6.45, 7) is 6.20. The predicted octanol–water partition coefficient (Wildman–Crippen LogP) is -1.39. The number of carbonyl (C=O) groups excluding carboxylic acids is 3. The van der Waals surface area contributed by atoms with Crippen molar-refractivity contribution in [1.82, 2.24) is 16.0 Å². The van der Waals surface area contributed by atoms with Crippen LogP contribution in [-0.4, -0.2) is 80.5 Å². The Hall–Kier alpha value is -3.22. The zero-order chi connectivity index (χ0) is 26.9. The van der Waals surface area contributed by atoms with Crippen molar-refractivity contribution in [3.8, 4) is 5.75 Å². The van der Waals surface area contributed by atoms with Gasteiger partial charge in [-0.15, -0.1) is 0 Å². The maximum Gasteiger partial charge on any atom is 0.326 e. The van der Waals surface area contributed by atoms with Crippen LogP contribution in [0.15, 0.2) is 24.3 Å². The maximum absolute atomic E-state index is 12.8. The van der Waals surface area contributed by atoms with E-state index in [1.54, 1.807) is 0 Å². The molecule has 0 bridgehead atoms. The molecule has 1 aromatic rings. The first-order chi connectivity index (χ1) is 16.2. The fourth-order valence-corrected chi connectivity index (χ4v) is 3.26. The third-order valence-electron chi connectivity index (χ3n) is 5.18. The van der Waals surface area contributed by atoms with Crippen molar-refractivity contribution in [3.63, 3.8) is 0 Å². The van der Waals surface area contributed by atoms with Gasteiger partial charge in [0.05, 0.1) is 18.2 Å². The Labute approximate surface area is 203 Å². The zero-order valence-electron chi connectivity index (χ0n) is 20.3. The van der Waals surface area contributed by atoms with Crippen molar-refractivity contribution in [3.05, 3.63) is 29.8 Å². The molecule has 0 aromatic heterocycles. The smallest absolute Gasteiger partial charge is 0.326 e. The minimum absolute atomic E-state index is 0.00791. The highest BCUT2D eigenvalue weighted by Gasteiger charge is 2.34. The van der Waals surface area contributed by atoms with Crippen molar-refractivity contribution in [2.24, 2.45) is 11.7 Å². The number of aliphatic carboxylic acids is 1. The van der Waals surface area contributed by atoms with Gasteiger partial charge in [-0.25, -0.2) is 4.79 Å². The first-order valence-corrected chi connectivity index (χ1v) is 11.3. The average molecular weight is 497 g/mol. The molecular weight excluding hydrogens is 460 g/mol. The number of hydrogen-bond acceptors (Lipinski definition) is 8. The van der Waals surface area contributed by atoms with E-state index in [-0.39, 0.29) is 18.1 Å².